The molecule has 0 aliphatic rings. The third-order valence-electron chi connectivity index (χ3n) is 3.18. The summed E-state index contributed by atoms with van der Waals surface area (Å²) in [5.41, 5.74) is 8.62. The Balaban J connectivity index is 2.25. The highest BCUT2D eigenvalue weighted by Gasteiger charge is 2.11. The van der Waals surface area contributed by atoms with E-state index in [0.717, 1.165) is 22.3 Å². The van der Waals surface area contributed by atoms with Gasteiger partial charge >= 0.3 is 0 Å². The van der Waals surface area contributed by atoms with E-state index in [1.165, 1.54) is 0 Å². The van der Waals surface area contributed by atoms with Crippen molar-refractivity contribution in [1.29, 1.82) is 0 Å². The Morgan fingerprint density at radius 1 is 1.20 bits per heavy atom. The number of pyridine rings is 1. The molecule has 3 rings (SSSR count). The van der Waals surface area contributed by atoms with Crippen molar-refractivity contribution in [3.63, 3.8) is 0 Å². The summed E-state index contributed by atoms with van der Waals surface area (Å²) in [6.45, 7) is 0. The quantitative estimate of drug-likeness (QED) is 0.765. The van der Waals surface area contributed by atoms with Crippen molar-refractivity contribution in [3.8, 4) is 11.3 Å². The van der Waals surface area contributed by atoms with Gasteiger partial charge in [0.2, 0.25) is 5.95 Å². The maximum atomic E-state index is 5.89. The second-order valence-corrected chi connectivity index (χ2v) is 4.89. The van der Waals surface area contributed by atoms with Crippen LogP contribution in [0.2, 0.25) is 0 Å². The molecule has 0 bridgehead atoms. The Kier molecular flexibility index (Phi) is 2.78. The average Bonchev–Trinajstić information content (AvgIpc) is 2.80. The molecular formula is C14H16N6. The fourth-order valence-electron chi connectivity index (χ4n) is 2.18. The molecule has 3 heterocycles. The first-order valence-electron chi connectivity index (χ1n) is 6.28. The summed E-state index contributed by atoms with van der Waals surface area (Å²) in [5.74, 6) is 1.06. The van der Waals surface area contributed by atoms with Gasteiger partial charge in [0.15, 0.2) is 0 Å². The molecule has 0 unspecified atom stereocenters. The number of nitrogen functional groups attached to an aromatic ring is 1. The van der Waals surface area contributed by atoms with Crippen LogP contribution >= 0.6 is 0 Å². The smallest absolute Gasteiger partial charge is 0.227 e. The van der Waals surface area contributed by atoms with Gasteiger partial charge in [0.05, 0.1) is 5.69 Å². The molecule has 0 amide bonds. The van der Waals surface area contributed by atoms with Gasteiger partial charge in [-0.25, -0.2) is 9.97 Å². The number of nitrogens with two attached hydrogens (primary N) is 1. The normalized spacial score (nSPS) is 10.9. The third-order valence-corrected chi connectivity index (χ3v) is 3.18. The number of fused-ring (bicyclic) bond motifs is 1. The average molecular weight is 268 g/mol. The van der Waals surface area contributed by atoms with E-state index in [2.05, 4.69) is 15.0 Å². The van der Waals surface area contributed by atoms with E-state index in [4.69, 9.17) is 5.73 Å². The molecule has 0 saturated carbocycles. The monoisotopic (exact) mass is 268 g/mol. The van der Waals surface area contributed by atoms with Crippen LogP contribution in [0.15, 0.2) is 30.6 Å². The molecule has 0 radical (unpaired) electrons. The minimum atomic E-state index is 0.458. The van der Waals surface area contributed by atoms with Gasteiger partial charge in [0.1, 0.15) is 11.5 Å². The Morgan fingerprint density at radius 2 is 2.00 bits per heavy atom. The van der Waals surface area contributed by atoms with Crippen molar-refractivity contribution in [2.45, 2.75) is 0 Å². The molecule has 0 saturated heterocycles. The van der Waals surface area contributed by atoms with E-state index in [-0.39, 0.29) is 0 Å². The summed E-state index contributed by atoms with van der Waals surface area (Å²) in [5, 5.41) is 1.05. The van der Waals surface area contributed by atoms with Crippen molar-refractivity contribution < 1.29 is 0 Å². The van der Waals surface area contributed by atoms with Gasteiger partial charge < -0.3 is 15.2 Å². The van der Waals surface area contributed by atoms with Crippen LogP contribution in [0.1, 0.15) is 0 Å². The van der Waals surface area contributed by atoms with Crippen LogP contribution in [0.5, 0.6) is 0 Å². The first-order valence-corrected chi connectivity index (χ1v) is 6.28. The molecule has 6 heteroatoms. The molecule has 20 heavy (non-hydrogen) atoms. The molecule has 0 aromatic carbocycles. The zero-order valence-electron chi connectivity index (χ0n) is 11.7. The summed E-state index contributed by atoms with van der Waals surface area (Å²) < 4.78 is 1.98. The maximum Gasteiger partial charge on any atom is 0.227 e. The second-order valence-electron chi connectivity index (χ2n) is 4.89. The SMILES string of the molecule is CN(C)c1nc(N)cc(-c2ccnc3c2ccn3C)n1. The first-order chi connectivity index (χ1) is 9.56. The van der Waals surface area contributed by atoms with Crippen LogP contribution in [0.25, 0.3) is 22.3 Å². The van der Waals surface area contributed by atoms with Crippen LogP contribution in [-0.4, -0.2) is 33.6 Å². The largest absolute Gasteiger partial charge is 0.384 e. The Morgan fingerprint density at radius 3 is 2.75 bits per heavy atom. The number of hydrogen-bond donors (Lipinski definition) is 1. The van der Waals surface area contributed by atoms with E-state index in [9.17, 15) is 0 Å². The van der Waals surface area contributed by atoms with Crippen LogP contribution in [0.4, 0.5) is 11.8 Å². The molecule has 3 aromatic heterocycles. The van der Waals surface area contributed by atoms with E-state index in [1.807, 2.05) is 48.9 Å². The molecular weight excluding hydrogens is 252 g/mol. The Labute approximate surface area is 116 Å². The zero-order chi connectivity index (χ0) is 14.3. The lowest BCUT2D eigenvalue weighted by atomic mass is 10.1. The molecule has 0 aliphatic heterocycles. The predicted octanol–water partition coefficient (Wildman–Crippen LogP) is 1.68. The molecule has 0 atom stereocenters. The number of nitrogens with zero attached hydrogens (tertiary/aromatic N) is 5. The molecule has 6 nitrogen and oxygen atoms in total. The van der Waals surface area contributed by atoms with Gasteiger partial charge in [-0.2, -0.15) is 4.98 Å². The number of anilines is 2. The van der Waals surface area contributed by atoms with Crippen LogP contribution in [0.3, 0.4) is 0 Å². The van der Waals surface area contributed by atoms with Crippen LogP contribution in [0, 0.1) is 0 Å². The summed E-state index contributed by atoms with van der Waals surface area (Å²) in [6, 6.07) is 5.77. The number of hydrogen-bond acceptors (Lipinski definition) is 5. The lowest BCUT2D eigenvalue weighted by molar-refractivity contribution is 0.948. The molecule has 2 N–H and O–H groups in total. The summed E-state index contributed by atoms with van der Waals surface area (Å²) >= 11 is 0. The van der Waals surface area contributed by atoms with Gasteiger partial charge in [0.25, 0.3) is 0 Å². The van der Waals surface area contributed by atoms with Crippen molar-refractivity contribution >= 4 is 22.8 Å². The molecule has 0 fully saturated rings. The minimum absolute atomic E-state index is 0.458. The van der Waals surface area contributed by atoms with Crippen molar-refractivity contribution in [3.05, 3.63) is 30.6 Å². The van der Waals surface area contributed by atoms with Crippen LogP contribution < -0.4 is 10.6 Å². The van der Waals surface area contributed by atoms with E-state index in [1.54, 1.807) is 12.3 Å². The lowest BCUT2D eigenvalue weighted by Crippen LogP contribution is -2.14. The fourth-order valence-corrected chi connectivity index (χ4v) is 2.18. The van der Waals surface area contributed by atoms with Gasteiger partial charge in [-0.1, -0.05) is 0 Å². The molecule has 102 valence electrons. The number of aromatic nitrogens is 4. The second kappa shape index (κ2) is 4.48. The first kappa shape index (κ1) is 12.4. The summed E-state index contributed by atoms with van der Waals surface area (Å²) in [6.07, 6.45) is 3.77. The molecule has 0 spiro atoms. The van der Waals surface area contributed by atoms with Crippen molar-refractivity contribution in [2.75, 3.05) is 24.7 Å². The molecule has 0 aliphatic carbocycles. The van der Waals surface area contributed by atoms with E-state index >= 15 is 0 Å². The van der Waals surface area contributed by atoms with Gasteiger partial charge in [0, 0.05) is 50.6 Å². The maximum absolute atomic E-state index is 5.89. The van der Waals surface area contributed by atoms with Crippen molar-refractivity contribution in [1.82, 2.24) is 19.5 Å². The van der Waals surface area contributed by atoms with E-state index < -0.39 is 0 Å². The number of aryl methyl sites for hydroxylation is 1. The van der Waals surface area contributed by atoms with Crippen molar-refractivity contribution in [2.24, 2.45) is 7.05 Å². The predicted molar refractivity (Wildman–Crippen MR) is 80.5 cm³/mol. The minimum Gasteiger partial charge on any atom is -0.384 e. The van der Waals surface area contributed by atoms with Crippen LogP contribution in [-0.2, 0) is 7.05 Å². The highest BCUT2D eigenvalue weighted by atomic mass is 15.2. The van der Waals surface area contributed by atoms with Gasteiger partial charge in [-0.05, 0) is 12.1 Å². The highest BCUT2D eigenvalue weighted by Crippen LogP contribution is 2.28. The highest BCUT2D eigenvalue weighted by molar-refractivity contribution is 5.92. The Bertz CT molecular complexity index is 774. The molecule has 3 aromatic rings. The summed E-state index contributed by atoms with van der Waals surface area (Å²) in [4.78, 5) is 15.0. The standard InChI is InChI=1S/C14H16N6/c1-19(2)14-17-11(8-12(15)18-14)9-4-6-16-13-10(9)5-7-20(13)3/h4-8H,1-3H3,(H2,15,17,18). The van der Waals surface area contributed by atoms with Gasteiger partial charge in [-0.3, -0.25) is 0 Å². The fraction of sp³-hybridized carbons (Fsp3) is 0.214. The number of rotatable bonds is 2. The lowest BCUT2D eigenvalue weighted by Gasteiger charge is -2.12. The summed E-state index contributed by atoms with van der Waals surface area (Å²) in [7, 11) is 5.76. The van der Waals surface area contributed by atoms with Gasteiger partial charge in [-0.15, -0.1) is 0 Å². The zero-order valence-corrected chi connectivity index (χ0v) is 11.7. The third kappa shape index (κ3) is 1.95. The van der Waals surface area contributed by atoms with E-state index in [0.29, 0.717) is 11.8 Å². The topological polar surface area (TPSA) is 72.9 Å². The Hall–Kier alpha value is -2.63.